The summed E-state index contributed by atoms with van der Waals surface area (Å²) >= 11 is 8.26. The lowest BCUT2D eigenvalue weighted by Gasteiger charge is -2.08. The van der Waals surface area contributed by atoms with Gasteiger partial charge < -0.3 is 11.1 Å². The molecule has 0 atom stereocenters. The van der Waals surface area contributed by atoms with Crippen molar-refractivity contribution in [2.45, 2.75) is 0 Å². The van der Waals surface area contributed by atoms with Crippen LogP contribution in [0.5, 0.6) is 0 Å². The zero-order chi connectivity index (χ0) is 13.8. The standard InChI is InChI=1S/C13H10BrN3OS/c14-10-6-8(12(15)19)3-4-11(10)17-13(18)9-2-1-5-16-7-9/h1-7H,(H2,15,19)(H,17,18). The van der Waals surface area contributed by atoms with Crippen LogP contribution in [0.1, 0.15) is 15.9 Å². The number of carbonyl (C=O) groups is 1. The van der Waals surface area contributed by atoms with Crippen LogP contribution >= 0.6 is 28.1 Å². The second kappa shape index (κ2) is 5.90. The fourth-order valence-corrected chi connectivity index (χ4v) is 2.07. The molecule has 96 valence electrons. The summed E-state index contributed by atoms with van der Waals surface area (Å²) in [4.78, 5) is 16.2. The maximum Gasteiger partial charge on any atom is 0.257 e. The van der Waals surface area contributed by atoms with Gasteiger partial charge in [-0.05, 0) is 46.3 Å². The maximum atomic E-state index is 12.0. The third kappa shape index (κ3) is 3.36. The van der Waals surface area contributed by atoms with Crippen molar-refractivity contribution in [3.8, 4) is 0 Å². The molecule has 0 fully saturated rings. The fraction of sp³-hybridized carbons (Fsp3) is 0. The van der Waals surface area contributed by atoms with E-state index in [1.807, 2.05) is 0 Å². The highest BCUT2D eigenvalue weighted by atomic mass is 79.9. The normalized spacial score (nSPS) is 9.95. The van der Waals surface area contributed by atoms with Gasteiger partial charge in [-0.15, -0.1) is 0 Å². The van der Waals surface area contributed by atoms with Crippen molar-refractivity contribution in [1.29, 1.82) is 0 Å². The van der Waals surface area contributed by atoms with Crippen molar-refractivity contribution < 1.29 is 4.79 Å². The molecule has 1 heterocycles. The average Bonchev–Trinajstić information content (AvgIpc) is 2.41. The second-order valence-electron chi connectivity index (χ2n) is 3.75. The molecule has 0 radical (unpaired) electrons. The number of carbonyl (C=O) groups excluding carboxylic acids is 1. The Balaban J connectivity index is 2.20. The smallest absolute Gasteiger partial charge is 0.257 e. The number of anilines is 1. The van der Waals surface area contributed by atoms with Crippen LogP contribution in [0.3, 0.4) is 0 Å². The van der Waals surface area contributed by atoms with Crippen LogP contribution in [0.15, 0.2) is 47.2 Å². The van der Waals surface area contributed by atoms with E-state index >= 15 is 0 Å². The van der Waals surface area contributed by atoms with E-state index in [0.29, 0.717) is 16.2 Å². The summed E-state index contributed by atoms with van der Waals surface area (Å²) in [7, 11) is 0. The topological polar surface area (TPSA) is 68.0 Å². The number of aromatic nitrogens is 1. The minimum atomic E-state index is -0.225. The van der Waals surface area contributed by atoms with Crippen LogP contribution in [0.25, 0.3) is 0 Å². The molecule has 1 aromatic carbocycles. The van der Waals surface area contributed by atoms with E-state index in [1.165, 1.54) is 6.20 Å². The van der Waals surface area contributed by atoms with Gasteiger partial charge in [0.25, 0.3) is 5.91 Å². The quantitative estimate of drug-likeness (QED) is 0.846. The summed E-state index contributed by atoms with van der Waals surface area (Å²) in [6, 6.07) is 8.67. The summed E-state index contributed by atoms with van der Waals surface area (Å²) in [5.74, 6) is -0.225. The van der Waals surface area contributed by atoms with Gasteiger partial charge in [0.2, 0.25) is 0 Å². The first-order valence-electron chi connectivity index (χ1n) is 5.38. The first kappa shape index (κ1) is 13.6. The lowest BCUT2D eigenvalue weighted by Crippen LogP contribution is -2.13. The molecule has 0 aliphatic rings. The highest BCUT2D eigenvalue weighted by Crippen LogP contribution is 2.24. The van der Waals surface area contributed by atoms with E-state index in [2.05, 4.69) is 26.2 Å². The molecule has 2 aromatic rings. The molecule has 2 rings (SSSR count). The molecule has 0 saturated carbocycles. The van der Waals surface area contributed by atoms with E-state index in [1.54, 1.807) is 36.5 Å². The lowest BCUT2D eigenvalue weighted by atomic mass is 10.2. The summed E-state index contributed by atoms with van der Waals surface area (Å²) in [6.45, 7) is 0. The van der Waals surface area contributed by atoms with Gasteiger partial charge >= 0.3 is 0 Å². The molecular formula is C13H10BrN3OS. The van der Waals surface area contributed by atoms with Crippen molar-refractivity contribution >= 4 is 44.7 Å². The number of nitrogens with two attached hydrogens (primary N) is 1. The fourth-order valence-electron chi connectivity index (χ4n) is 1.46. The van der Waals surface area contributed by atoms with E-state index in [9.17, 15) is 4.79 Å². The third-order valence-electron chi connectivity index (χ3n) is 2.43. The molecule has 1 aromatic heterocycles. The molecule has 0 saturated heterocycles. The monoisotopic (exact) mass is 335 g/mol. The Morgan fingerprint density at radius 2 is 2.11 bits per heavy atom. The number of hydrogen-bond donors (Lipinski definition) is 2. The largest absolute Gasteiger partial charge is 0.389 e. The van der Waals surface area contributed by atoms with Crippen LogP contribution in [-0.2, 0) is 0 Å². The molecule has 0 bridgehead atoms. The van der Waals surface area contributed by atoms with Crippen molar-refractivity contribution in [3.63, 3.8) is 0 Å². The van der Waals surface area contributed by atoms with Gasteiger partial charge in [-0.3, -0.25) is 9.78 Å². The molecule has 19 heavy (non-hydrogen) atoms. The van der Waals surface area contributed by atoms with Crippen molar-refractivity contribution in [3.05, 3.63) is 58.3 Å². The number of pyridine rings is 1. The Hall–Kier alpha value is -1.79. The van der Waals surface area contributed by atoms with Crippen LogP contribution in [0.2, 0.25) is 0 Å². The van der Waals surface area contributed by atoms with Gasteiger partial charge in [0.1, 0.15) is 4.99 Å². The SMILES string of the molecule is NC(=S)c1ccc(NC(=O)c2cccnc2)c(Br)c1. The van der Waals surface area contributed by atoms with Crippen LogP contribution in [0.4, 0.5) is 5.69 Å². The number of rotatable bonds is 3. The Labute approximate surface area is 124 Å². The minimum Gasteiger partial charge on any atom is -0.389 e. The average molecular weight is 336 g/mol. The number of benzene rings is 1. The van der Waals surface area contributed by atoms with Gasteiger partial charge in [0.05, 0.1) is 11.3 Å². The van der Waals surface area contributed by atoms with Gasteiger partial charge in [-0.2, -0.15) is 0 Å². The van der Waals surface area contributed by atoms with E-state index in [0.717, 1.165) is 10.0 Å². The summed E-state index contributed by atoms with van der Waals surface area (Å²) in [5.41, 5.74) is 7.42. The van der Waals surface area contributed by atoms with Crippen LogP contribution in [0, 0.1) is 0 Å². The first-order valence-corrected chi connectivity index (χ1v) is 6.59. The first-order chi connectivity index (χ1) is 9.08. The molecule has 4 nitrogen and oxygen atoms in total. The number of amides is 1. The predicted octanol–water partition coefficient (Wildman–Crippen LogP) is 2.73. The molecular weight excluding hydrogens is 326 g/mol. The number of halogens is 1. The van der Waals surface area contributed by atoms with E-state index < -0.39 is 0 Å². The zero-order valence-corrected chi connectivity index (χ0v) is 12.2. The highest BCUT2D eigenvalue weighted by Gasteiger charge is 2.09. The number of hydrogen-bond acceptors (Lipinski definition) is 3. The molecule has 0 aliphatic heterocycles. The Morgan fingerprint density at radius 1 is 1.32 bits per heavy atom. The second-order valence-corrected chi connectivity index (χ2v) is 5.05. The Morgan fingerprint density at radius 3 is 2.68 bits per heavy atom. The van der Waals surface area contributed by atoms with E-state index in [4.69, 9.17) is 18.0 Å². The van der Waals surface area contributed by atoms with Crippen LogP contribution in [-0.4, -0.2) is 15.9 Å². The molecule has 3 N–H and O–H groups in total. The lowest BCUT2D eigenvalue weighted by molar-refractivity contribution is 0.102. The number of nitrogens with zero attached hydrogens (tertiary/aromatic N) is 1. The number of thiocarbonyl (C=S) groups is 1. The van der Waals surface area contributed by atoms with Gasteiger partial charge in [0.15, 0.2) is 0 Å². The van der Waals surface area contributed by atoms with Gasteiger partial charge in [-0.1, -0.05) is 12.2 Å². The maximum absolute atomic E-state index is 12.0. The van der Waals surface area contributed by atoms with Crippen LogP contribution < -0.4 is 11.1 Å². The molecule has 0 spiro atoms. The Kier molecular flexibility index (Phi) is 4.24. The van der Waals surface area contributed by atoms with Gasteiger partial charge in [-0.25, -0.2) is 0 Å². The van der Waals surface area contributed by atoms with Crippen molar-refractivity contribution in [1.82, 2.24) is 4.98 Å². The molecule has 0 aliphatic carbocycles. The minimum absolute atomic E-state index is 0.225. The van der Waals surface area contributed by atoms with Gasteiger partial charge in [0, 0.05) is 22.4 Å². The highest BCUT2D eigenvalue weighted by molar-refractivity contribution is 9.10. The molecule has 1 amide bonds. The zero-order valence-electron chi connectivity index (χ0n) is 9.76. The predicted molar refractivity (Wildman–Crippen MR) is 82.2 cm³/mol. The molecule has 0 unspecified atom stereocenters. The Bertz CT molecular complexity index is 631. The summed E-state index contributed by atoms with van der Waals surface area (Å²) in [6.07, 6.45) is 3.12. The summed E-state index contributed by atoms with van der Waals surface area (Å²) < 4.78 is 0.718. The third-order valence-corrected chi connectivity index (χ3v) is 3.32. The molecule has 6 heteroatoms. The number of nitrogens with one attached hydrogen (secondary N) is 1. The van der Waals surface area contributed by atoms with Crippen molar-refractivity contribution in [2.75, 3.05) is 5.32 Å². The van der Waals surface area contributed by atoms with E-state index in [-0.39, 0.29) is 5.91 Å². The summed E-state index contributed by atoms with van der Waals surface area (Å²) in [5, 5.41) is 2.78. The van der Waals surface area contributed by atoms with Crippen molar-refractivity contribution in [2.24, 2.45) is 5.73 Å².